The molecule has 0 bridgehead atoms. The Kier molecular flexibility index (Phi) is 8.78. The van der Waals surface area contributed by atoms with Gasteiger partial charge in [-0.3, -0.25) is 4.72 Å². The average Bonchev–Trinajstić information content (AvgIpc) is 3.40. The Morgan fingerprint density at radius 3 is 2.44 bits per heavy atom. The summed E-state index contributed by atoms with van der Waals surface area (Å²) in [5, 5.41) is 9.68. The molecule has 1 aliphatic rings. The fraction of sp³-hybridized carbons (Fsp3) is 0.385. The van der Waals surface area contributed by atoms with Crippen LogP contribution < -0.4 is 14.2 Å². The summed E-state index contributed by atoms with van der Waals surface area (Å²) in [6, 6.07) is 4.42. The zero-order chi connectivity index (χ0) is 30.1. The molecule has 41 heavy (non-hydrogen) atoms. The zero-order valence-electron chi connectivity index (χ0n) is 21.7. The first-order valence-electron chi connectivity index (χ1n) is 12.4. The molecule has 3 aromatic rings. The number of carboxylic acid groups (broad SMARTS) is 1. The molecule has 15 heteroatoms. The van der Waals surface area contributed by atoms with E-state index in [1.165, 1.54) is 6.07 Å². The van der Waals surface area contributed by atoms with E-state index in [2.05, 4.69) is 9.71 Å². The lowest BCUT2D eigenvalue weighted by molar-refractivity contribution is -0.182. The number of hydrogen-bond donors (Lipinski definition) is 2. The van der Waals surface area contributed by atoms with E-state index in [0.717, 1.165) is 29.9 Å². The van der Waals surface area contributed by atoms with Crippen molar-refractivity contribution < 1.29 is 49.7 Å². The highest BCUT2D eigenvalue weighted by atomic mass is 32.2. The number of aromatic nitrogens is 1. The number of methoxy groups -OCH3 is 1. The lowest BCUT2D eigenvalue weighted by Crippen LogP contribution is -2.27. The highest BCUT2D eigenvalue weighted by Crippen LogP contribution is 2.46. The second-order valence-corrected chi connectivity index (χ2v) is 11.8. The van der Waals surface area contributed by atoms with Crippen molar-refractivity contribution in [2.24, 2.45) is 5.92 Å². The number of alkyl halides is 3. The third-order valence-corrected chi connectivity index (χ3v) is 9.07. The molecule has 2 aromatic carbocycles. The van der Waals surface area contributed by atoms with Crippen LogP contribution in [-0.4, -0.2) is 44.4 Å². The highest BCUT2D eigenvalue weighted by Gasteiger charge is 2.42. The Hall–Kier alpha value is -3.46. The van der Waals surface area contributed by atoms with Gasteiger partial charge in [-0.2, -0.15) is 21.6 Å². The molecule has 0 unspecified atom stereocenters. The van der Waals surface area contributed by atoms with Gasteiger partial charge >= 0.3 is 12.1 Å². The SMILES string of the molecule is CCOc1c(F)c(-c2nc(S(=O)(=O)Nc3cc(F)c(C(=O)O)cc3OC)cs2)ccc1[C@H]1CC[C@H](C(F)(F)F)CC1. The van der Waals surface area contributed by atoms with Crippen LogP contribution >= 0.6 is 11.3 Å². The van der Waals surface area contributed by atoms with Gasteiger partial charge in [0.25, 0.3) is 10.0 Å². The number of hydrogen-bond acceptors (Lipinski definition) is 7. The molecule has 1 aromatic heterocycles. The van der Waals surface area contributed by atoms with Gasteiger partial charge in [-0.25, -0.2) is 18.6 Å². The molecule has 4 rings (SSSR count). The number of sulfonamides is 1. The molecule has 0 amide bonds. The van der Waals surface area contributed by atoms with Gasteiger partial charge in [0, 0.05) is 17.0 Å². The van der Waals surface area contributed by atoms with E-state index in [1.807, 2.05) is 0 Å². The van der Waals surface area contributed by atoms with Crippen molar-refractivity contribution in [3.05, 3.63) is 52.4 Å². The lowest BCUT2D eigenvalue weighted by Gasteiger charge is -2.31. The van der Waals surface area contributed by atoms with Crippen LogP contribution in [0.2, 0.25) is 0 Å². The fourth-order valence-corrected chi connectivity index (χ4v) is 6.92. The molecule has 222 valence electrons. The predicted molar refractivity (Wildman–Crippen MR) is 140 cm³/mol. The Morgan fingerprint density at radius 2 is 1.85 bits per heavy atom. The molecule has 8 nitrogen and oxygen atoms in total. The van der Waals surface area contributed by atoms with Gasteiger partial charge in [0.15, 0.2) is 16.6 Å². The smallest absolute Gasteiger partial charge is 0.391 e. The van der Waals surface area contributed by atoms with Crippen LogP contribution in [0.4, 0.5) is 27.6 Å². The standard InChI is InChI=1S/C26H25F5N2O6S2/c1-3-39-23-15(13-4-6-14(7-5-13)26(29,30)31)8-9-16(22(23)28)24-32-21(12-40-24)41(36,37)33-19-11-18(27)17(25(34)35)10-20(19)38-2/h8-14,33H,3-7H2,1-2H3,(H,34,35)/t13-,14-. The second kappa shape index (κ2) is 11.8. The summed E-state index contributed by atoms with van der Waals surface area (Å²) in [4.78, 5) is 15.2. The van der Waals surface area contributed by atoms with Crippen LogP contribution in [0, 0.1) is 17.6 Å². The molecule has 1 fully saturated rings. The van der Waals surface area contributed by atoms with E-state index in [4.69, 9.17) is 14.6 Å². The summed E-state index contributed by atoms with van der Waals surface area (Å²) in [5.74, 6) is -5.69. The molecular formula is C26H25F5N2O6S2. The van der Waals surface area contributed by atoms with Crippen molar-refractivity contribution in [1.29, 1.82) is 0 Å². The van der Waals surface area contributed by atoms with E-state index >= 15 is 4.39 Å². The number of nitrogens with zero attached hydrogens (tertiary/aromatic N) is 1. The Bertz CT molecular complexity index is 1550. The van der Waals surface area contributed by atoms with Gasteiger partial charge in [-0.15, -0.1) is 11.3 Å². The molecule has 0 aliphatic heterocycles. The summed E-state index contributed by atoms with van der Waals surface area (Å²) in [6.45, 7) is 1.72. The van der Waals surface area contributed by atoms with Crippen molar-refractivity contribution in [2.75, 3.05) is 18.4 Å². The fourth-order valence-electron chi connectivity index (χ4n) is 4.75. The number of ether oxygens (including phenoxy) is 2. The predicted octanol–water partition coefficient (Wildman–Crippen LogP) is 6.83. The normalized spacial score (nSPS) is 17.7. The lowest BCUT2D eigenvalue weighted by atomic mass is 9.78. The molecule has 0 saturated heterocycles. The first-order chi connectivity index (χ1) is 19.3. The number of anilines is 1. The minimum Gasteiger partial charge on any atom is -0.495 e. The monoisotopic (exact) mass is 620 g/mol. The maximum atomic E-state index is 15.7. The van der Waals surface area contributed by atoms with Crippen molar-refractivity contribution in [3.63, 3.8) is 0 Å². The molecule has 1 heterocycles. The van der Waals surface area contributed by atoms with Crippen molar-refractivity contribution in [3.8, 4) is 22.1 Å². The van der Waals surface area contributed by atoms with Crippen molar-refractivity contribution in [2.45, 2.75) is 49.7 Å². The number of carbonyl (C=O) groups is 1. The summed E-state index contributed by atoms with van der Waals surface area (Å²) in [6.07, 6.45) is -3.99. The van der Waals surface area contributed by atoms with E-state index < -0.39 is 50.3 Å². The summed E-state index contributed by atoms with van der Waals surface area (Å²) >= 11 is 0.811. The number of carboxylic acids is 1. The van der Waals surface area contributed by atoms with Crippen LogP contribution in [-0.2, 0) is 10.0 Å². The van der Waals surface area contributed by atoms with Gasteiger partial charge < -0.3 is 14.6 Å². The molecule has 1 aliphatic carbocycles. The zero-order valence-corrected chi connectivity index (χ0v) is 23.4. The molecular weight excluding hydrogens is 595 g/mol. The summed E-state index contributed by atoms with van der Waals surface area (Å²) in [5.41, 5.74) is -0.724. The first-order valence-corrected chi connectivity index (χ1v) is 14.7. The number of aromatic carboxylic acids is 1. The van der Waals surface area contributed by atoms with Crippen LogP contribution in [0.3, 0.4) is 0 Å². The minimum absolute atomic E-state index is 0.0180. The quantitative estimate of drug-likeness (QED) is 0.252. The third-order valence-electron chi connectivity index (χ3n) is 6.80. The maximum Gasteiger partial charge on any atom is 0.391 e. The molecule has 0 atom stereocenters. The van der Waals surface area contributed by atoms with Crippen LogP contribution in [0.5, 0.6) is 11.5 Å². The number of nitrogens with one attached hydrogen (secondary N) is 1. The number of halogens is 5. The second-order valence-electron chi connectivity index (χ2n) is 9.30. The van der Waals surface area contributed by atoms with Gasteiger partial charge in [0.1, 0.15) is 16.6 Å². The summed E-state index contributed by atoms with van der Waals surface area (Å²) < 4.78 is 108. The topological polar surface area (TPSA) is 115 Å². The number of benzene rings is 2. The van der Waals surface area contributed by atoms with Gasteiger partial charge in [0.05, 0.1) is 36.4 Å². The van der Waals surface area contributed by atoms with E-state index in [9.17, 15) is 30.8 Å². The average molecular weight is 621 g/mol. The Morgan fingerprint density at radius 1 is 1.17 bits per heavy atom. The molecule has 2 N–H and O–H groups in total. The molecule has 0 spiro atoms. The van der Waals surface area contributed by atoms with E-state index in [0.29, 0.717) is 11.6 Å². The minimum atomic E-state index is -4.45. The number of thiazole rings is 1. The summed E-state index contributed by atoms with van der Waals surface area (Å²) in [7, 11) is -3.31. The third kappa shape index (κ3) is 6.40. The van der Waals surface area contributed by atoms with Crippen LogP contribution in [0.25, 0.3) is 10.6 Å². The first kappa shape index (κ1) is 30.5. The van der Waals surface area contributed by atoms with Gasteiger partial charge in [0.2, 0.25) is 0 Å². The van der Waals surface area contributed by atoms with E-state index in [-0.39, 0.29) is 66.0 Å². The van der Waals surface area contributed by atoms with Gasteiger partial charge in [-0.1, -0.05) is 6.07 Å². The van der Waals surface area contributed by atoms with Crippen LogP contribution in [0.15, 0.2) is 34.7 Å². The Balaban J connectivity index is 1.62. The van der Waals surface area contributed by atoms with Gasteiger partial charge in [-0.05, 0) is 50.7 Å². The van der Waals surface area contributed by atoms with E-state index in [1.54, 1.807) is 13.0 Å². The van der Waals surface area contributed by atoms with Crippen molar-refractivity contribution >= 4 is 33.0 Å². The van der Waals surface area contributed by atoms with Crippen molar-refractivity contribution in [1.82, 2.24) is 4.98 Å². The molecule has 0 radical (unpaired) electrons. The largest absolute Gasteiger partial charge is 0.495 e. The molecule has 1 saturated carbocycles. The van der Waals surface area contributed by atoms with Crippen LogP contribution in [0.1, 0.15) is 54.4 Å². The Labute approximate surface area is 236 Å². The maximum absolute atomic E-state index is 15.7. The highest BCUT2D eigenvalue weighted by molar-refractivity contribution is 7.92. The number of rotatable bonds is 9.